The van der Waals surface area contributed by atoms with Crippen molar-refractivity contribution in [3.8, 4) is 0 Å². The molecule has 6 nitrogen and oxygen atoms in total. The number of para-hydroxylation sites is 1. The molecule has 0 spiro atoms. The van der Waals surface area contributed by atoms with Gasteiger partial charge in [0.05, 0.1) is 25.1 Å². The van der Waals surface area contributed by atoms with Crippen LogP contribution >= 0.6 is 11.3 Å². The first kappa shape index (κ1) is 22.4. The summed E-state index contributed by atoms with van der Waals surface area (Å²) in [5, 5.41) is 6.18. The summed E-state index contributed by atoms with van der Waals surface area (Å²) in [6.07, 6.45) is 2.05. The van der Waals surface area contributed by atoms with Crippen LogP contribution in [0.4, 0.5) is 0 Å². The van der Waals surface area contributed by atoms with Crippen molar-refractivity contribution in [3.63, 3.8) is 0 Å². The molecule has 2 atom stereocenters. The van der Waals surface area contributed by atoms with Crippen molar-refractivity contribution in [3.05, 3.63) is 93.8 Å². The van der Waals surface area contributed by atoms with Gasteiger partial charge in [-0.05, 0) is 29.1 Å². The molecule has 0 saturated carbocycles. The van der Waals surface area contributed by atoms with Gasteiger partial charge in [-0.15, -0.1) is 11.3 Å². The van der Waals surface area contributed by atoms with E-state index in [0.717, 1.165) is 26.9 Å². The van der Waals surface area contributed by atoms with Gasteiger partial charge in [0.15, 0.2) is 0 Å². The topological polar surface area (TPSA) is 63.6 Å². The maximum absolute atomic E-state index is 13.8. The average Bonchev–Trinajstić information content (AvgIpc) is 3.50. The zero-order chi connectivity index (χ0) is 23.7. The first-order valence-electron chi connectivity index (χ1n) is 11.3. The summed E-state index contributed by atoms with van der Waals surface area (Å²) in [7, 11) is 3.62. The number of aromatic nitrogens is 1. The van der Waals surface area contributed by atoms with Gasteiger partial charge in [0.1, 0.15) is 0 Å². The molecule has 5 rings (SSSR count). The van der Waals surface area contributed by atoms with Crippen molar-refractivity contribution in [2.24, 2.45) is 7.05 Å². The molecule has 2 unspecified atom stereocenters. The summed E-state index contributed by atoms with van der Waals surface area (Å²) in [6, 6.07) is 19.1. The van der Waals surface area contributed by atoms with Gasteiger partial charge >= 0.3 is 0 Å². The minimum atomic E-state index is -0.545. The molecule has 34 heavy (non-hydrogen) atoms. The first-order valence-corrected chi connectivity index (χ1v) is 12.2. The number of hydrogen-bond donors (Lipinski definition) is 1. The quantitative estimate of drug-likeness (QED) is 0.430. The second kappa shape index (κ2) is 9.44. The van der Waals surface area contributed by atoms with Crippen LogP contribution in [0.3, 0.4) is 0 Å². The standard InChI is InChI=1S/C27H27N3O3S/c1-29-17-22(19-9-5-6-12-23(19)29)25-24(26(31)28-16-18-8-7-15-34-18)20-10-3-4-11-21(20)27(32)30(25)13-14-33-2/h3-12,15,17,24-25H,13-14,16H2,1-2H3,(H,28,31). The Labute approximate surface area is 202 Å². The Hall–Kier alpha value is -3.42. The lowest BCUT2D eigenvalue weighted by Gasteiger charge is -2.41. The van der Waals surface area contributed by atoms with E-state index in [1.54, 1.807) is 18.4 Å². The maximum atomic E-state index is 13.8. The Balaban J connectivity index is 1.65. The van der Waals surface area contributed by atoms with E-state index < -0.39 is 12.0 Å². The molecule has 0 saturated heterocycles. The molecule has 0 aliphatic carbocycles. The molecule has 7 heteroatoms. The molecule has 1 N–H and O–H groups in total. The largest absolute Gasteiger partial charge is 0.383 e. The summed E-state index contributed by atoms with van der Waals surface area (Å²) in [4.78, 5) is 30.4. The minimum Gasteiger partial charge on any atom is -0.383 e. The van der Waals surface area contributed by atoms with Gasteiger partial charge in [-0.3, -0.25) is 9.59 Å². The van der Waals surface area contributed by atoms with Crippen molar-refractivity contribution in [2.75, 3.05) is 20.3 Å². The van der Waals surface area contributed by atoms with Crippen LogP contribution in [-0.4, -0.2) is 41.5 Å². The number of aryl methyl sites for hydroxylation is 1. The number of rotatable bonds is 7. The van der Waals surface area contributed by atoms with Gasteiger partial charge < -0.3 is 19.5 Å². The van der Waals surface area contributed by atoms with Gasteiger partial charge in [-0.1, -0.05) is 42.5 Å². The van der Waals surface area contributed by atoms with Crippen LogP contribution in [-0.2, 0) is 23.1 Å². The van der Waals surface area contributed by atoms with Gasteiger partial charge in [-0.2, -0.15) is 0 Å². The van der Waals surface area contributed by atoms with Crippen molar-refractivity contribution in [2.45, 2.75) is 18.5 Å². The Morgan fingerprint density at radius 1 is 1.06 bits per heavy atom. The lowest BCUT2D eigenvalue weighted by molar-refractivity contribution is -0.124. The molecule has 0 bridgehead atoms. The van der Waals surface area contributed by atoms with E-state index in [1.165, 1.54) is 0 Å². The minimum absolute atomic E-state index is 0.0760. The molecule has 174 valence electrons. The van der Waals surface area contributed by atoms with Crippen LogP contribution in [0.5, 0.6) is 0 Å². The third-order valence-corrected chi connectivity index (χ3v) is 7.40. The Bertz CT molecular complexity index is 1330. The fraction of sp³-hybridized carbons (Fsp3) is 0.259. The molecule has 0 fully saturated rings. The van der Waals surface area contributed by atoms with E-state index in [-0.39, 0.29) is 11.8 Å². The molecule has 4 aromatic rings. The summed E-state index contributed by atoms with van der Waals surface area (Å²) >= 11 is 1.61. The second-order valence-electron chi connectivity index (χ2n) is 8.51. The van der Waals surface area contributed by atoms with Crippen molar-refractivity contribution in [1.82, 2.24) is 14.8 Å². The Kier molecular flexibility index (Phi) is 6.22. The number of nitrogens with zero attached hydrogens (tertiary/aromatic N) is 2. The number of hydrogen-bond acceptors (Lipinski definition) is 4. The molecule has 1 aliphatic rings. The third kappa shape index (κ3) is 3.91. The van der Waals surface area contributed by atoms with Crippen molar-refractivity contribution >= 4 is 34.1 Å². The number of amides is 2. The highest BCUT2D eigenvalue weighted by Gasteiger charge is 2.44. The zero-order valence-electron chi connectivity index (χ0n) is 19.2. The predicted molar refractivity (Wildman–Crippen MR) is 134 cm³/mol. The SMILES string of the molecule is COCCN1C(=O)c2ccccc2C(C(=O)NCc2cccs2)C1c1cn(C)c2ccccc12. The first-order chi connectivity index (χ1) is 16.6. The number of carbonyl (C=O) groups is 2. The molecule has 2 aromatic carbocycles. The maximum Gasteiger partial charge on any atom is 0.254 e. The fourth-order valence-corrected chi connectivity index (χ4v) is 5.61. The van der Waals surface area contributed by atoms with Crippen molar-refractivity contribution < 1.29 is 14.3 Å². The highest BCUT2D eigenvalue weighted by Crippen LogP contribution is 2.45. The highest BCUT2D eigenvalue weighted by molar-refractivity contribution is 7.09. The molecule has 2 amide bonds. The van der Waals surface area contributed by atoms with Crippen LogP contribution in [0, 0.1) is 0 Å². The normalized spacial score (nSPS) is 17.7. The summed E-state index contributed by atoms with van der Waals surface area (Å²) in [5.74, 6) is -0.710. The van der Waals surface area contributed by atoms with Gasteiger partial charge in [0, 0.05) is 53.8 Å². The number of ether oxygens (including phenoxy) is 1. The molecule has 1 aliphatic heterocycles. The summed E-state index contributed by atoms with van der Waals surface area (Å²) in [6.45, 7) is 1.24. The van der Waals surface area contributed by atoms with Crippen LogP contribution in [0.1, 0.15) is 38.3 Å². The monoisotopic (exact) mass is 473 g/mol. The van der Waals surface area contributed by atoms with Crippen LogP contribution in [0.2, 0.25) is 0 Å². The number of thiophene rings is 1. The summed E-state index contributed by atoms with van der Waals surface area (Å²) in [5.41, 5.74) is 3.37. The predicted octanol–water partition coefficient (Wildman–Crippen LogP) is 4.48. The fourth-order valence-electron chi connectivity index (χ4n) is 4.96. The molecular formula is C27H27N3O3S. The van der Waals surface area contributed by atoms with E-state index in [9.17, 15) is 9.59 Å². The van der Waals surface area contributed by atoms with E-state index in [2.05, 4.69) is 28.2 Å². The molecule has 3 heterocycles. The van der Waals surface area contributed by atoms with Gasteiger partial charge in [-0.25, -0.2) is 0 Å². The number of methoxy groups -OCH3 is 1. The lowest BCUT2D eigenvalue weighted by Crippen LogP contribution is -2.48. The highest BCUT2D eigenvalue weighted by atomic mass is 32.1. The second-order valence-corrected chi connectivity index (χ2v) is 9.54. The smallest absolute Gasteiger partial charge is 0.254 e. The number of fused-ring (bicyclic) bond motifs is 2. The zero-order valence-corrected chi connectivity index (χ0v) is 20.0. The van der Waals surface area contributed by atoms with E-state index in [4.69, 9.17) is 4.74 Å². The molecule has 0 radical (unpaired) electrons. The van der Waals surface area contributed by atoms with E-state index >= 15 is 0 Å². The Morgan fingerprint density at radius 3 is 2.65 bits per heavy atom. The third-order valence-electron chi connectivity index (χ3n) is 6.52. The van der Waals surface area contributed by atoms with Gasteiger partial charge in [0.25, 0.3) is 5.91 Å². The van der Waals surface area contributed by atoms with E-state index in [1.807, 2.05) is 65.9 Å². The van der Waals surface area contributed by atoms with Crippen LogP contribution in [0.15, 0.2) is 72.2 Å². The molecular weight excluding hydrogens is 446 g/mol. The van der Waals surface area contributed by atoms with E-state index in [0.29, 0.717) is 25.3 Å². The van der Waals surface area contributed by atoms with Crippen LogP contribution < -0.4 is 5.32 Å². The number of nitrogens with one attached hydrogen (secondary N) is 1. The van der Waals surface area contributed by atoms with Crippen molar-refractivity contribution in [1.29, 1.82) is 0 Å². The number of benzene rings is 2. The van der Waals surface area contributed by atoms with Gasteiger partial charge in [0.2, 0.25) is 5.91 Å². The summed E-state index contributed by atoms with van der Waals surface area (Å²) < 4.78 is 7.41. The Morgan fingerprint density at radius 2 is 1.85 bits per heavy atom. The average molecular weight is 474 g/mol. The van der Waals surface area contributed by atoms with Crippen LogP contribution in [0.25, 0.3) is 10.9 Å². The lowest BCUT2D eigenvalue weighted by atomic mass is 9.79. The number of carbonyl (C=O) groups excluding carboxylic acids is 2. The molecule has 2 aromatic heterocycles.